The van der Waals surface area contributed by atoms with E-state index in [4.69, 9.17) is 14.2 Å². The average molecular weight is 640 g/mol. The predicted molar refractivity (Wildman–Crippen MR) is 186 cm³/mol. The largest absolute Gasteiger partial charge is 0.495 e. The summed E-state index contributed by atoms with van der Waals surface area (Å²) in [6.45, 7) is 9.57. The Balaban J connectivity index is 1.41. The zero-order valence-corrected chi connectivity index (χ0v) is 27.9. The van der Waals surface area contributed by atoms with Crippen molar-refractivity contribution in [3.63, 3.8) is 0 Å². The quantitative estimate of drug-likeness (QED) is 0.138. The molecule has 0 saturated heterocycles. The topological polar surface area (TPSA) is 124 Å². The second kappa shape index (κ2) is 13.1. The molecule has 0 bridgehead atoms. The zero-order chi connectivity index (χ0) is 33.1. The summed E-state index contributed by atoms with van der Waals surface area (Å²) in [5.74, 6) is 2.27. The number of benzene rings is 4. The molecule has 0 spiro atoms. The van der Waals surface area contributed by atoms with E-state index in [1.165, 1.54) is 7.11 Å². The first-order valence-corrected chi connectivity index (χ1v) is 17.3. The van der Waals surface area contributed by atoms with Gasteiger partial charge in [-0.2, -0.15) is 4.98 Å². The minimum Gasteiger partial charge on any atom is -0.495 e. The van der Waals surface area contributed by atoms with E-state index in [0.717, 1.165) is 22.0 Å². The highest BCUT2D eigenvalue weighted by Gasteiger charge is 2.26. The number of anilines is 4. The monoisotopic (exact) mass is 639 g/mol. The number of hydrogen-bond donors (Lipinski definition) is 3. The average Bonchev–Trinajstić information content (AvgIpc) is 3.01. The molecule has 2 amide bonds. The number of ether oxygens (including phenoxy) is 3. The van der Waals surface area contributed by atoms with Crippen LogP contribution in [0.1, 0.15) is 26.3 Å². The number of urea groups is 1. The van der Waals surface area contributed by atoms with Gasteiger partial charge in [-0.05, 0) is 60.7 Å². The number of nitrogens with zero attached hydrogens (tertiary/aromatic N) is 2. The highest BCUT2D eigenvalue weighted by atomic mass is 31.2. The van der Waals surface area contributed by atoms with Crippen molar-refractivity contribution < 1.29 is 23.6 Å². The van der Waals surface area contributed by atoms with Gasteiger partial charge in [0, 0.05) is 23.0 Å². The predicted octanol–water partition coefficient (Wildman–Crippen LogP) is 8.37. The number of para-hydroxylation sites is 2. The van der Waals surface area contributed by atoms with E-state index in [1.807, 2.05) is 60.7 Å². The van der Waals surface area contributed by atoms with Crippen molar-refractivity contribution in [1.82, 2.24) is 9.97 Å². The molecule has 0 aliphatic rings. The molecule has 5 aromatic rings. The molecule has 46 heavy (non-hydrogen) atoms. The van der Waals surface area contributed by atoms with E-state index in [-0.39, 0.29) is 5.41 Å². The van der Waals surface area contributed by atoms with Crippen LogP contribution in [0.2, 0.25) is 0 Å². The summed E-state index contributed by atoms with van der Waals surface area (Å²) < 4.78 is 30.5. The first-order chi connectivity index (χ1) is 21.9. The van der Waals surface area contributed by atoms with E-state index in [0.29, 0.717) is 45.8 Å². The lowest BCUT2D eigenvalue weighted by Crippen LogP contribution is -2.23. The van der Waals surface area contributed by atoms with Crippen molar-refractivity contribution in [1.29, 1.82) is 0 Å². The molecular weight excluding hydrogens is 601 g/mol. The first kappa shape index (κ1) is 32.3. The van der Waals surface area contributed by atoms with Gasteiger partial charge in [0.15, 0.2) is 5.75 Å². The normalized spacial score (nSPS) is 11.5. The summed E-state index contributed by atoms with van der Waals surface area (Å²) in [7, 11) is 0.382. The van der Waals surface area contributed by atoms with Crippen LogP contribution in [0.3, 0.4) is 0 Å². The lowest BCUT2D eigenvalue weighted by Gasteiger charge is -2.25. The smallest absolute Gasteiger partial charge is 0.323 e. The molecule has 1 aromatic heterocycles. The molecule has 3 N–H and O–H groups in total. The van der Waals surface area contributed by atoms with Crippen LogP contribution in [0.5, 0.6) is 23.1 Å². The molecular formula is C35H38N5O5P. The zero-order valence-electron chi connectivity index (χ0n) is 27.0. The molecule has 10 nitrogen and oxygen atoms in total. The Morgan fingerprint density at radius 1 is 0.783 bits per heavy atom. The minimum atomic E-state index is -2.73. The van der Waals surface area contributed by atoms with Gasteiger partial charge in [0.1, 0.15) is 18.6 Å². The lowest BCUT2D eigenvalue weighted by atomic mass is 9.86. The second-order valence-corrected chi connectivity index (χ2v) is 15.2. The molecule has 1 heterocycles. The van der Waals surface area contributed by atoms with Crippen molar-refractivity contribution in [2.24, 2.45) is 0 Å². The van der Waals surface area contributed by atoms with Crippen LogP contribution in [0.15, 0.2) is 85.1 Å². The van der Waals surface area contributed by atoms with Crippen LogP contribution in [0.4, 0.5) is 27.8 Å². The Kier molecular flexibility index (Phi) is 9.21. The number of aromatic nitrogens is 2. The van der Waals surface area contributed by atoms with Gasteiger partial charge in [0.05, 0.1) is 36.6 Å². The molecule has 0 saturated carbocycles. The maximum absolute atomic E-state index is 13.4. The Hall–Kier alpha value is -5.08. The van der Waals surface area contributed by atoms with E-state index in [2.05, 4.69) is 46.7 Å². The van der Waals surface area contributed by atoms with Crippen LogP contribution in [-0.2, 0) is 9.98 Å². The minimum absolute atomic E-state index is 0.246. The highest BCUT2D eigenvalue weighted by Crippen LogP contribution is 2.43. The number of fused-ring (bicyclic) bond motifs is 1. The fourth-order valence-electron chi connectivity index (χ4n) is 4.94. The van der Waals surface area contributed by atoms with Crippen LogP contribution in [-0.4, -0.2) is 43.5 Å². The third-order valence-corrected chi connectivity index (χ3v) is 8.79. The van der Waals surface area contributed by atoms with E-state index in [9.17, 15) is 9.36 Å². The molecule has 0 aliphatic heterocycles. The van der Waals surface area contributed by atoms with Gasteiger partial charge in [0.2, 0.25) is 11.8 Å². The number of amides is 2. The summed E-state index contributed by atoms with van der Waals surface area (Å²) >= 11 is 0. The van der Waals surface area contributed by atoms with E-state index < -0.39 is 13.2 Å². The van der Waals surface area contributed by atoms with Crippen molar-refractivity contribution >= 4 is 52.3 Å². The number of methoxy groups -OCH3 is 2. The standard InChI is InChI=1S/C35H38N5O5P/c1-35(2,3)22-20-27(32(44-5)30(21-22)46(6,7)42)39-34(41)38-25-16-17-28(24-13-9-8-12-23(24)25)45-31-18-19-36-33(40-31)37-26-14-10-11-15-29(26)43-4/h8-21H,1-7H3,(H,36,37,40)(H2,38,39,41). The van der Waals surface area contributed by atoms with Gasteiger partial charge >= 0.3 is 6.03 Å². The van der Waals surface area contributed by atoms with Crippen molar-refractivity contribution in [2.45, 2.75) is 26.2 Å². The maximum atomic E-state index is 13.4. The summed E-state index contributed by atoms with van der Waals surface area (Å²) in [5.41, 5.74) is 2.42. The van der Waals surface area contributed by atoms with E-state index in [1.54, 1.807) is 44.8 Å². The van der Waals surface area contributed by atoms with Crippen molar-refractivity contribution in [3.8, 4) is 23.1 Å². The van der Waals surface area contributed by atoms with Gasteiger partial charge in [0.25, 0.3) is 0 Å². The Labute approximate surface area is 268 Å². The summed E-state index contributed by atoms with van der Waals surface area (Å²) in [4.78, 5) is 22.2. The SMILES string of the molecule is COc1ccccc1Nc1nccc(Oc2ccc(NC(=O)Nc3cc(C(C)(C)C)cc(P(C)(C)=O)c3OC)c3ccccc23)n1. The molecule has 0 unspecified atom stereocenters. The van der Waals surface area contributed by atoms with Gasteiger partial charge < -0.3 is 34.7 Å². The van der Waals surface area contributed by atoms with Crippen molar-refractivity contribution in [3.05, 3.63) is 90.6 Å². The fourth-order valence-corrected chi connectivity index (χ4v) is 6.09. The van der Waals surface area contributed by atoms with Gasteiger partial charge in [-0.15, -0.1) is 0 Å². The van der Waals surface area contributed by atoms with Crippen molar-refractivity contribution in [2.75, 3.05) is 43.5 Å². The first-order valence-electron chi connectivity index (χ1n) is 14.7. The molecule has 0 atom stereocenters. The molecule has 0 radical (unpaired) electrons. The number of carbonyl (C=O) groups excluding carboxylic acids is 1. The van der Waals surface area contributed by atoms with Crippen LogP contribution in [0, 0.1) is 0 Å². The number of carbonyl (C=O) groups is 1. The molecule has 5 rings (SSSR count). The maximum Gasteiger partial charge on any atom is 0.323 e. The van der Waals surface area contributed by atoms with Gasteiger partial charge in [-0.25, -0.2) is 9.78 Å². The third-order valence-electron chi connectivity index (χ3n) is 7.30. The molecule has 11 heteroatoms. The number of hydrogen-bond acceptors (Lipinski definition) is 8. The third kappa shape index (κ3) is 7.24. The molecule has 4 aromatic carbocycles. The van der Waals surface area contributed by atoms with Gasteiger partial charge in [-0.3, -0.25) is 0 Å². The van der Waals surface area contributed by atoms with Gasteiger partial charge in [-0.1, -0.05) is 57.2 Å². The fraction of sp³-hybridized carbons (Fsp3) is 0.229. The Morgan fingerprint density at radius 2 is 1.48 bits per heavy atom. The number of rotatable bonds is 9. The van der Waals surface area contributed by atoms with Crippen LogP contribution < -0.4 is 35.5 Å². The second-order valence-electron chi connectivity index (χ2n) is 12.1. The number of nitrogens with one attached hydrogen (secondary N) is 3. The Bertz CT molecular complexity index is 1950. The molecule has 0 fully saturated rings. The Morgan fingerprint density at radius 3 is 2.17 bits per heavy atom. The molecule has 238 valence electrons. The van der Waals surface area contributed by atoms with Crippen LogP contribution >= 0.6 is 7.14 Å². The van der Waals surface area contributed by atoms with Crippen LogP contribution in [0.25, 0.3) is 10.8 Å². The lowest BCUT2D eigenvalue weighted by molar-refractivity contribution is 0.262. The summed E-state index contributed by atoms with van der Waals surface area (Å²) in [6.07, 6.45) is 1.60. The van der Waals surface area contributed by atoms with E-state index >= 15 is 0 Å². The summed E-state index contributed by atoms with van der Waals surface area (Å²) in [5, 5.41) is 11.2. The highest BCUT2D eigenvalue weighted by molar-refractivity contribution is 7.70. The summed E-state index contributed by atoms with van der Waals surface area (Å²) in [6, 6.07) is 23.6. The molecule has 0 aliphatic carbocycles.